The standard InChI is InChI=1S/C24H29ClO4/c25-18-8-3-1-2-4-9-19-28-23(26)16-17-24(27)29-22-14-12-21(13-15-22)20-10-6-5-7-11-20/h5-7,10-15H,1-4,8-9,16-19H2. The molecule has 0 N–H and O–H groups in total. The van der Waals surface area contributed by atoms with Crippen LogP contribution in [-0.4, -0.2) is 24.4 Å². The Morgan fingerprint density at radius 2 is 1.28 bits per heavy atom. The SMILES string of the molecule is O=C(CCC(=O)Oc1ccc(-c2ccccc2)cc1)OCCCCCCCCCl. The van der Waals surface area contributed by atoms with Gasteiger partial charge in [-0.15, -0.1) is 11.6 Å². The van der Waals surface area contributed by atoms with Crippen LogP contribution in [0.1, 0.15) is 51.4 Å². The zero-order valence-corrected chi connectivity index (χ0v) is 17.5. The lowest BCUT2D eigenvalue weighted by atomic mass is 10.1. The summed E-state index contributed by atoms with van der Waals surface area (Å²) in [5.41, 5.74) is 2.15. The number of hydrogen-bond donors (Lipinski definition) is 0. The van der Waals surface area contributed by atoms with E-state index in [1.807, 2.05) is 42.5 Å². The van der Waals surface area contributed by atoms with Gasteiger partial charge in [-0.3, -0.25) is 9.59 Å². The molecular formula is C24H29ClO4. The number of benzene rings is 2. The van der Waals surface area contributed by atoms with E-state index < -0.39 is 5.97 Å². The Balaban J connectivity index is 1.59. The molecule has 0 aliphatic heterocycles. The Bertz CT molecular complexity index is 728. The van der Waals surface area contributed by atoms with E-state index >= 15 is 0 Å². The molecule has 0 aliphatic carbocycles. The summed E-state index contributed by atoms with van der Waals surface area (Å²) in [6.07, 6.45) is 6.45. The molecule has 0 spiro atoms. The molecule has 0 saturated carbocycles. The molecule has 0 amide bonds. The molecule has 5 heteroatoms. The van der Waals surface area contributed by atoms with Gasteiger partial charge in [0.05, 0.1) is 19.4 Å². The number of esters is 2. The number of unbranched alkanes of at least 4 members (excludes halogenated alkanes) is 5. The molecule has 0 atom stereocenters. The van der Waals surface area contributed by atoms with Gasteiger partial charge in [0.15, 0.2) is 0 Å². The summed E-state index contributed by atoms with van der Waals surface area (Å²) >= 11 is 5.64. The van der Waals surface area contributed by atoms with Crippen molar-refractivity contribution in [1.29, 1.82) is 0 Å². The molecule has 4 nitrogen and oxygen atoms in total. The molecule has 0 bridgehead atoms. The number of carbonyl (C=O) groups excluding carboxylic acids is 2. The molecule has 0 saturated heterocycles. The number of halogens is 1. The summed E-state index contributed by atoms with van der Waals surface area (Å²) < 4.78 is 10.5. The van der Waals surface area contributed by atoms with E-state index in [2.05, 4.69) is 0 Å². The second kappa shape index (κ2) is 13.8. The normalized spacial score (nSPS) is 10.5. The van der Waals surface area contributed by atoms with Gasteiger partial charge >= 0.3 is 11.9 Å². The molecule has 0 aromatic heterocycles. The summed E-state index contributed by atoms with van der Waals surface area (Å²) in [5, 5.41) is 0. The third kappa shape index (κ3) is 9.62. The van der Waals surface area contributed by atoms with Gasteiger partial charge in [-0.1, -0.05) is 68.1 Å². The molecule has 0 unspecified atom stereocenters. The minimum absolute atomic E-state index is 0.0116. The zero-order chi connectivity index (χ0) is 20.7. The molecule has 2 rings (SSSR count). The maximum Gasteiger partial charge on any atom is 0.311 e. The Morgan fingerprint density at radius 3 is 1.97 bits per heavy atom. The maximum atomic E-state index is 11.9. The van der Waals surface area contributed by atoms with Gasteiger partial charge in [0, 0.05) is 5.88 Å². The van der Waals surface area contributed by atoms with E-state index in [0.717, 1.165) is 49.1 Å². The summed E-state index contributed by atoms with van der Waals surface area (Å²) in [6, 6.07) is 17.3. The van der Waals surface area contributed by atoms with Crippen molar-refractivity contribution in [2.24, 2.45) is 0 Å². The van der Waals surface area contributed by atoms with Crippen LogP contribution in [0.2, 0.25) is 0 Å². The summed E-state index contributed by atoms with van der Waals surface area (Å²) in [5.74, 6) is 0.397. The number of rotatable bonds is 13. The Labute approximate surface area is 178 Å². The average molecular weight is 417 g/mol. The highest BCUT2D eigenvalue weighted by atomic mass is 35.5. The number of hydrogen-bond acceptors (Lipinski definition) is 4. The van der Waals surface area contributed by atoms with Crippen molar-refractivity contribution in [2.45, 2.75) is 51.4 Å². The molecule has 0 radical (unpaired) electrons. The van der Waals surface area contributed by atoms with Crippen LogP contribution in [0.15, 0.2) is 54.6 Å². The van der Waals surface area contributed by atoms with Crippen LogP contribution < -0.4 is 4.74 Å². The van der Waals surface area contributed by atoms with Crippen LogP contribution in [0.5, 0.6) is 5.75 Å². The van der Waals surface area contributed by atoms with E-state index in [0.29, 0.717) is 12.4 Å². The highest BCUT2D eigenvalue weighted by Gasteiger charge is 2.10. The van der Waals surface area contributed by atoms with Crippen LogP contribution in [0.25, 0.3) is 11.1 Å². The van der Waals surface area contributed by atoms with Crippen molar-refractivity contribution >= 4 is 23.5 Å². The van der Waals surface area contributed by atoms with E-state index in [4.69, 9.17) is 21.1 Å². The lowest BCUT2D eigenvalue weighted by molar-refractivity contribution is -0.147. The van der Waals surface area contributed by atoms with Crippen molar-refractivity contribution in [3.63, 3.8) is 0 Å². The minimum Gasteiger partial charge on any atom is -0.466 e. The number of ether oxygens (including phenoxy) is 2. The van der Waals surface area contributed by atoms with Crippen molar-refractivity contribution in [3.8, 4) is 16.9 Å². The second-order valence-electron chi connectivity index (χ2n) is 6.90. The summed E-state index contributed by atoms with van der Waals surface area (Å²) in [4.78, 5) is 23.7. The summed E-state index contributed by atoms with van der Waals surface area (Å²) in [7, 11) is 0. The maximum absolute atomic E-state index is 11.9. The smallest absolute Gasteiger partial charge is 0.311 e. The van der Waals surface area contributed by atoms with Crippen LogP contribution in [-0.2, 0) is 14.3 Å². The Morgan fingerprint density at radius 1 is 0.690 bits per heavy atom. The first-order valence-corrected chi connectivity index (χ1v) is 10.8. The van der Waals surface area contributed by atoms with Crippen molar-refractivity contribution in [3.05, 3.63) is 54.6 Å². The molecule has 0 aliphatic rings. The number of carbonyl (C=O) groups is 2. The molecule has 29 heavy (non-hydrogen) atoms. The van der Waals surface area contributed by atoms with Crippen LogP contribution in [0.4, 0.5) is 0 Å². The average Bonchev–Trinajstić information content (AvgIpc) is 2.75. The van der Waals surface area contributed by atoms with Crippen LogP contribution in [0.3, 0.4) is 0 Å². The highest BCUT2D eigenvalue weighted by molar-refractivity contribution is 6.17. The van der Waals surface area contributed by atoms with E-state index in [-0.39, 0.29) is 18.8 Å². The van der Waals surface area contributed by atoms with Crippen LogP contribution in [0, 0.1) is 0 Å². The molecule has 0 heterocycles. The molecule has 2 aromatic rings. The third-order valence-electron chi connectivity index (χ3n) is 4.52. The third-order valence-corrected chi connectivity index (χ3v) is 4.78. The molecule has 156 valence electrons. The predicted octanol–water partition coefficient (Wildman–Crippen LogP) is 6.16. The monoisotopic (exact) mass is 416 g/mol. The van der Waals surface area contributed by atoms with Gasteiger partial charge in [0.1, 0.15) is 5.75 Å². The van der Waals surface area contributed by atoms with E-state index in [1.165, 1.54) is 6.42 Å². The topological polar surface area (TPSA) is 52.6 Å². The fourth-order valence-corrected chi connectivity index (χ4v) is 3.08. The van der Waals surface area contributed by atoms with Crippen LogP contribution >= 0.6 is 11.6 Å². The van der Waals surface area contributed by atoms with Crippen molar-refractivity contribution in [1.82, 2.24) is 0 Å². The van der Waals surface area contributed by atoms with E-state index in [9.17, 15) is 9.59 Å². The fourth-order valence-electron chi connectivity index (χ4n) is 2.89. The molecule has 2 aromatic carbocycles. The quantitative estimate of drug-likeness (QED) is 0.170. The van der Waals surface area contributed by atoms with Gasteiger partial charge in [0.2, 0.25) is 0 Å². The molecular weight excluding hydrogens is 388 g/mol. The van der Waals surface area contributed by atoms with Crippen molar-refractivity contribution < 1.29 is 19.1 Å². The Kier molecular flexibility index (Phi) is 10.9. The number of alkyl halides is 1. The minimum atomic E-state index is -0.436. The van der Waals surface area contributed by atoms with Crippen molar-refractivity contribution in [2.75, 3.05) is 12.5 Å². The lowest BCUT2D eigenvalue weighted by Gasteiger charge is -2.07. The largest absolute Gasteiger partial charge is 0.466 e. The van der Waals surface area contributed by atoms with Gasteiger partial charge in [-0.05, 0) is 36.1 Å². The zero-order valence-electron chi connectivity index (χ0n) is 16.8. The predicted molar refractivity (Wildman–Crippen MR) is 116 cm³/mol. The van der Waals surface area contributed by atoms with Gasteiger partial charge in [-0.25, -0.2) is 0 Å². The van der Waals surface area contributed by atoms with Gasteiger partial charge < -0.3 is 9.47 Å². The first kappa shape index (κ1) is 23.0. The van der Waals surface area contributed by atoms with Gasteiger partial charge in [-0.2, -0.15) is 0 Å². The first-order chi connectivity index (χ1) is 14.2. The first-order valence-electron chi connectivity index (χ1n) is 10.3. The Hall–Kier alpha value is -2.33. The highest BCUT2D eigenvalue weighted by Crippen LogP contribution is 2.22. The second-order valence-corrected chi connectivity index (χ2v) is 7.27. The fraction of sp³-hybridized carbons (Fsp3) is 0.417. The van der Waals surface area contributed by atoms with Gasteiger partial charge in [0.25, 0.3) is 0 Å². The lowest BCUT2D eigenvalue weighted by Crippen LogP contribution is -2.12. The van der Waals surface area contributed by atoms with E-state index in [1.54, 1.807) is 12.1 Å². The molecule has 0 fully saturated rings. The summed E-state index contributed by atoms with van der Waals surface area (Å²) in [6.45, 7) is 0.407.